The van der Waals surface area contributed by atoms with Crippen molar-refractivity contribution in [2.45, 2.75) is 6.92 Å². The Labute approximate surface area is 165 Å². The summed E-state index contributed by atoms with van der Waals surface area (Å²) in [5.74, 6) is 2.00. The van der Waals surface area contributed by atoms with Crippen molar-refractivity contribution in [3.63, 3.8) is 0 Å². The van der Waals surface area contributed by atoms with Crippen LogP contribution >= 0.6 is 23.8 Å². The van der Waals surface area contributed by atoms with Gasteiger partial charge < -0.3 is 4.42 Å². The predicted molar refractivity (Wildman–Crippen MR) is 110 cm³/mol. The van der Waals surface area contributed by atoms with E-state index in [1.165, 1.54) is 0 Å². The van der Waals surface area contributed by atoms with Gasteiger partial charge in [0, 0.05) is 16.1 Å². The maximum Gasteiger partial charge on any atom is 0.216 e. The number of furan rings is 1. The molecule has 0 radical (unpaired) electrons. The van der Waals surface area contributed by atoms with E-state index in [4.69, 9.17) is 28.2 Å². The van der Waals surface area contributed by atoms with E-state index >= 15 is 0 Å². The average molecular weight is 395 g/mol. The van der Waals surface area contributed by atoms with Crippen molar-refractivity contribution in [2.24, 2.45) is 5.10 Å². The summed E-state index contributed by atoms with van der Waals surface area (Å²) in [7, 11) is 0. The average Bonchev–Trinajstić information content (AvgIpc) is 3.28. The van der Waals surface area contributed by atoms with E-state index in [1.54, 1.807) is 10.9 Å². The molecule has 5 nitrogen and oxygen atoms in total. The summed E-state index contributed by atoms with van der Waals surface area (Å²) in [6.07, 6.45) is 1.62. The maximum absolute atomic E-state index is 5.93. The number of H-pyrrole nitrogens is 1. The SMILES string of the molecule is Cc1ccccc1-c1n[nH]c(=S)n1/N=C/c1ccc(-c2ccc(Cl)cc2)o1. The van der Waals surface area contributed by atoms with Gasteiger partial charge in [-0.15, -0.1) is 0 Å². The van der Waals surface area contributed by atoms with Gasteiger partial charge in [-0.3, -0.25) is 0 Å². The summed E-state index contributed by atoms with van der Waals surface area (Å²) in [5.41, 5.74) is 2.99. The van der Waals surface area contributed by atoms with Gasteiger partial charge in [0.25, 0.3) is 0 Å². The summed E-state index contributed by atoms with van der Waals surface area (Å²) in [6, 6.07) is 19.2. The second-order valence-corrected chi connectivity index (χ2v) is 6.76. The van der Waals surface area contributed by atoms with Crippen molar-refractivity contribution in [3.8, 4) is 22.7 Å². The summed E-state index contributed by atoms with van der Waals surface area (Å²) in [6.45, 7) is 2.02. The summed E-state index contributed by atoms with van der Waals surface area (Å²) in [4.78, 5) is 0. The first-order chi connectivity index (χ1) is 13.1. The fourth-order valence-electron chi connectivity index (χ4n) is 2.70. The standard InChI is InChI=1S/C20H15ClN4OS/c1-13-4-2-3-5-17(13)19-23-24-20(27)25(19)22-12-16-10-11-18(26-16)14-6-8-15(21)9-7-14/h2-12H,1H3,(H,24,27)/b22-12+. The van der Waals surface area contributed by atoms with Crippen LogP contribution in [-0.2, 0) is 0 Å². The van der Waals surface area contributed by atoms with Gasteiger partial charge in [0.1, 0.15) is 11.5 Å². The Balaban J connectivity index is 1.65. The first-order valence-electron chi connectivity index (χ1n) is 8.25. The lowest BCUT2D eigenvalue weighted by Crippen LogP contribution is -1.96. The number of hydrogen-bond acceptors (Lipinski definition) is 4. The number of aromatic nitrogens is 3. The molecule has 0 atom stereocenters. The number of aromatic amines is 1. The second-order valence-electron chi connectivity index (χ2n) is 5.93. The minimum atomic E-state index is 0.411. The molecule has 0 fully saturated rings. The van der Waals surface area contributed by atoms with Gasteiger partial charge in [0.15, 0.2) is 5.82 Å². The molecule has 7 heteroatoms. The predicted octanol–water partition coefficient (Wildman–Crippen LogP) is 5.71. The highest BCUT2D eigenvalue weighted by Crippen LogP contribution is 2.24. The van der Waals surface area contributed by atoms with Crippen molar-refractivity contribution in [2.75, 3.05) is 0 Å². The van der Waals surface area contributed by atoms with E-state index in [2.05, 4.69) is 15.3 Å². The lowest BCUT2D eigenvalue weighted by molar-refractivity contribution is 0.574. The molecule has 0 saturated heterocycles. The van der Waals surface area contributed by atoms with E-state index < -0.39 is 0 Å². The van der Waals surface area contributed by atoms with Crippen LogP contribution in [0.4, 0.5) is 0 Å². The van der Waals surface area contributed by atoms with Crippen LogP contribution in [0.5, 0.6) is 0 Å². The molecular weight excluding hydrogens is 380 g/mol. The molecule has 0 spiro atoms. The van der Waals surface area contributed by atoms with Crippen LogP contribution in [0.1, 0.15) is 11.3 Å². The van der Waals surface area contributed by atoms with Crippen LogP contribution in [0.2, 0.25) is 5.02 Å². The van der Waals surface area contributed by atoms with E-state index in [9.17, 15) is 0 Å². The third kappa shape index (κ3) is 3.63. The van der Waals surface area contributed by atoms with Gasteiger partial charge in [-0.2, -0.15) is 14.9 Å². The van der Waals surface area contributed by atoms with E-state index in [0.29, 0.717) is 21.4 Å². The number of halogens is 1. The molecule has 2 heterocycles. The van der Waals surface area contributed by atoms with Crippen molar-refractivity contribution in [1.82, 2.24) is 14.9 Å². The number of hydrogen-bond donors (Lipinski definition) is 1. The quantitative estimate of drug-likeness (QED) is 0.356. The van der Waals surface area contributed by atoms with Gasteiger partial charge >= 0.3 is 0 Å². The normalized spacial score (nSPS) is 11.3. The van der Waals surface area contributed by atoms with Crippen molar-refractivity contribution >= 4 is 30.0 Å². The second kappa shape index (κ2) is 7.34. The Kier molecular flexibility index (Phi) is 4.75. The number of nitrogens with zero attached hydrogens (tertiary/aromatic N) is 3. The Morgan fingerprint density at radius 3 is 2.67 bits per heavy atom. The van der Waals surface area contributed by atoms with Gasteiger partial charge in [-0.05, 0) is 61.1 Å². The highest BCUT2D eigenvalue weighted by atomic mass is 35.5. The molecular formula is C20H15ClN4OS. The molecule has 2 aromatic carbocycles. The Morgan fingerprint density at radius 2 is 1.89 bits per heavy atom. The topological polar surface area (TPSA) is 59.1 Å². The van der Waals surface area contributed by atoms with Gasteiger partial charge in [0.05, 0.1) is 6.21 Å². The molecule has 4 rings (SSSR count). The molecule has 4 aromatic rings. The summed E-state index contributed by atoms with van der Waals surface area (Å²) >= 11 is 11.2. The minimum Gasteiger partial charge on any atom is -0.455 e. The van der Waals surface area contributed by atoms with E-state index in [-0.39, 0.29) is 0 Å². The molecule has 0 aliphatic rings. The first-order valence-corrected chi connectivity index (χ1v) is 9.04. The lowest BCUT2D eigenvalue weighted by atomic mass is 10.1. The molecule has 27 heavy (non-hydrogen) atoms. The van der Waals surface area contributed by atoms with Crippen LogP contribution < -0.4 is 0 Å². The fourth-order valence-corrected chi connectivity index (χ4v) is 3.01. The van der Waals surface area contributed by atoms with Crippen LogP contribution in [-0.4, -0.2) is 21.1 Å². The summed E-state index contributed by atoms with van der Waals surface area (Å²) < 4.78 is 7.84. The van der Waals surface area contributed by atoms with Crippen LogP contribution in [0.15, 0.2) is 70.2 Å². The maximum atomic E-state index is 5.93. The van der Waals surface area contributed by atoms with Crippen LogP contribution in [0.25, 0.3) is 22.7 Å². The van der Waals surface area contributed by atoms with Crippen LogP contribution in [0, 0.1) is 11.7 Å². The zero-order chi connectivity index (χ0) is 18.8. The van der Waals surface area contributed by atoms with E-state index in [0.717, 1.165) is 22.5 Å². The zero-order valence-electron chi connectivity index (χ0n) is 14.4. The Hall–Kier alpha value is -2.96. The van der Waals surface area contributed by atoms with Crippen molar-refractivity contribution in [1.29, 1.82) is 0 Å². The number of aryl methyl sites for hydroxylation is 1. The van der Waals surface area contributed by atoms with Gasteiger partial charge in [0.2, 0.25) is 4.77 Å². The fraction of sp³-hybridized carbons (Fsp3) is 0.0500. The smallest absolute Gasteiger partial charge is 0.216 e. The third-order valence-electron chi connectivity index (χ3n) is 4.09. The number of rotatable bonds is 4. The molecule has 0 aliphatic heterocycles. The molecule has 2 aromatic heterocycles. The Morgan fingerprint density at radius 1 is 1.11 bits per heavy atom. The Bertz CT molecular complexity index is 1170. The lowest BCUT2D eigenvalue weighted by Gasteiger charge is -2.03. The first kappa shape index (κ1) is 17.5. The molecule has 0 unspecified atom stereocenters. The van der Waals surface area contributed by atoms with Gasteiger partial charge in [-0.25, -0.2) is 5.10 Å². The highest BCUT2D eigenvalue weighted by Gasteiger charge is 2.10. The molecule has 0 bridgehead atoms. The number of nitrogens with one attached hydrogen (secondary N) is 1. The van der Waals surface area contributed by atoms with Crippen LogP contribution in [0.3, 0.4) is 0 Å². The van der Waals surface area contributed by atoms with Crippen molar-refractivity contribution in [3.05, 3.63) is 81.8 Å². The molecule has 0 amide bonds. The molecule has 1 N–H and O–H groups in total. The monoisotopic (exact) mass is 394 g/mol. The molecule has 0 aliphatic carbocycles. The summed E-state index contributed by atoms with van der Waals surface area (Å²) in [5, 5.41) is 12.2. The molecule has 0 saturated carbocycles. The van der Waals surface area contributed by atoms with Gasteiger partial charge in [-0.1, -0.05) is 35.9 Å². The minimum absolute atomic E-state index is 0.411. The van der Waals surface area contributed by atoms with Crippen molar-refractivity contribution < 1.29 is 4.42 Å². The number of benzene rings is 2. The largest absolute Gasteiger partial charge is 0.455 e. The van der Waals surface area contributed by atoms with E-state index in [1.807, 2.05) is 67.6 Å². The molecule has 134 valence electrons. The highest BCUT2D eigenvalue weighted by molar-refractivity contribution is 7.71. The third-order valence-corrected chi connectivity index (χ3v) is 4.61. The zero-order valence-corrected chi connectivity index (χ0v) is 16.0.